The van der Waals surface area contributed by atoms with Crippen molar-refractivity contribution in [2.75, 3.05) is 13.2 Å². The van der Waals surface area contributed by atoms with E-state index >= 15 is 0 Å². The first-order valence-corrected chi connectivity index (χ1v) is 9.28. The van der Waals surface area contributed by atoms with Gasteiger partial charge in [-0.25, -0.2) is 0 Å². The van der Waals surface area contributed by atoms with Crippen molar-refractivity contribution in [2.24, 2.45) is 7.05 Å². The second-order valence-corrected chi connectivity index (χ2v) is 7.14. The van der Waals surface area contributed by atoms with Crippen LogP contribution in [0.3, 0.4) is 0 Å². The summed E-state index contributed by atoms with van der Waals surface area (Å²) >= 11 is 0. The lowest BCUT2D eigenvalue weighted by atomic mass is 10.1. The molecule has 1 aliphatic rings. The number of para-hydroxylation sites is 1. The third-order valence-corrected chi connectivity index (χ3v) is 5.06. The lowest BCUT2D eigenvalue weighted by Crippen LogP contribution is -2.37. The predicted molar refractivity (Wildman–Crippen MR) is 105 cm³/mol. The minimum absolute atomic E-state index is 0.00719. The predicted octanol–water partition coefficient (Wildman–Crippen LogP) is 4.00. The number of hydrogen-bond donors (Lipinski definition) is 0. The van der Waals surface area contributed by atoms with Crippen LogP contribution >= 0.6 is 0 Å². The van der Waals surface area contributed by atoms with E-state index in [2.05, 4.69) is 22.8 Å². The number of carbonyl (C=O) groups excluding carboxylic acids is 1. The van der Waals surface area contributed by atoms with Crippen LogP contribution in [0.15, 0.2) is 48.5 Å². The van der Waals surface area contributed by atoms with Crippen LogP contribution in [0.2, 0.25) is 0 Å². The molecule has 0 N–H and O–H groups in total. The zero-order chi connectivity index (χ0) is 19.0. The number of fused-ring (bicyclic) bond motifs is 2. The van der Waals surface area contributed by atoms with E-state index in [1.54, 1.807) is 6.07 Å². The van der Waals surface area contributed by atoms with E-state index in [9.17, 15) is 4.79 Å². The average molecular weight is 364 g/mol. The number of nitrogens with zero attached hydrogens (tertiary/aromatic N) is 2. The Morgan fingerprint density at radius 1 is 1.07 bits per heavy atom. The zero-order valence-corrected chi connectivity index (χ0v) is 15.9. The van der Waals surface area contributed by atoms with Crippen LogP contribution in [-0.2, 0) is 13.6 Å². The Morgan fingerprint density at radius 2 is 1.81 bits per heavy atom. The maximum atomic E-state index is 13.2. The highest BCUT2D eigenvalue weighted by Crippen LogP contribution is 2.31. The Balaban J connectivity index is 1.64. The molecule has 0 bridgehead atoms. The van der Waals surface area contributed by atoms with Crippen molar-refractivity contribution in [3.05, 3.63) is 59.8 Å². The van der Waals surface area contributed by atoms with E-state index < -0.39 is 0 Å². The summed E-state index contributed by atoms with van der Waals surface area (Å²) in [6, 6.07) is 15.9. The van der Waals surface area contributed by atoms with Crippen LogP contribution in [0, 0.1) is 0 Å². The van der Waals surface area contributed by atoms with Crippen molar-refractivity contribution in [1.82, 2.24) is 9.47 Å². The largest absolute Gasteiger partial charge is 0.486 e. The van der Waals surface area contributed by atoms with E-state index in [0.717, 1.165) is 5.69 Å². The molecule has 0 radical (unpaired) electrons. The first-order valence-electron chi connectivity index (χ1n) is 9.28. The fourth-order valence-corrected chi connectivity index (χ4v) is 3.50. The van der Waals surface area contributed by atoms with Crippen LogP contribution < -0.4 is 9.47 Å². The Labute approximate surface area is 159 Å². The van der Waals surface area contributed by atoms with Gasteiger partial charge in [0, 0.05) is 29.9 Å². The fourth-order valence-electron chi connectivity index (χ4n) is 3.50. The quantitative estimate of drug-likeness (QED) is 0.703. The van der Waals surface area contributed by atoms with E-state index in [0.29, 0.717) is 36.8 Å². The summed E-state index contributed by atoms with van der Waals surface area (Å²) < 4.78 is 13.3. The molecule has 140 valence electrons. The topological polar surface area (TPSA) is 43.7 Å². The van der Waals surface area contributed by atoms with Gasteiger partial charge in [0.25, 0.3) is 5.91 Å². The molecule has 0 fully saturated rings. The maximum absolute atomic E-state index is 13.2. The highest BCUT2D eigenvalue weighted by atomic mass is 16.6. The Morgan fingerprint density at radius 3 is 2.56 bits per heavy atom. The van der Waals surface area contributed by atoms with Gasteiger partial charge in [-0.3, -0.25) is 4.79 Å². The molecule has 1 aromatic heterocycles. The zero-order valence-electron chi connectivity index (χ0n) is 15.9. The second-order valence-electron chi connectivity index (χ2n) is 7.14. The molecule has 4 rings (SSSR count). The number of carbonyl (C=O) groups is 1. The van der Waals surface area contributed by atoms with Crippen molar-refractivity contribution in [2.45, 2.75) is 26.4 Å². The molecule has 1 aliphatic heterocycles. The third-order valence-electron chi connectivity index (χ3n) is 5.06. The lowest BCUT2D eigenvalue weighted by Gasteiger charge is -2.28. The summed E-state index contributed by atoms with van der Waals surface area (Å²) in [6.45, 7) is 5.68. The van der Waals surface area contributed by atoms with Crippen LogP contribution in [-0.4, -0.2) is 34.6 Å². The minimum atomic E-state index is -0.00719. The van der Waals surface area contributed by atoms with E-state index in [4.69, 9.17) is 9.47 Å². The Kier molecular flexibility index (Phi) is 4.52. The molecule has 5 heteroatoms. The summed E-state index contributed by atoms with van der Waals surface area (Å²) in [5, 5.41) is 1.19. The van der Waals surface area contributed by atoms with Gasteiger partial charge in [0.1, 0.15) is 13.2 Å². The molecule has 2 aromatic carbocycles. The number of benzene rings is 2. The normalized spacial score (nSPS) is 13.2. The molecule has 5 nitrogen and oxygen atoms in total. The van der Waals surface area contributed by atoms with Crippen LogP contribution in [0.25, 0.3) is 10.9 Å². The molecule has 0 spiro atoms. The van der Waals surface area contributed by atoms with Gasteiger partial charge in [0.05, 0.1) is 6.54 Å². The molecule has 1 amide bonds. The molecule has 0 unspecified atom stereocenters. The smallest absolute Gasteiger partial charge is 0.254 e. The van der Waals surface area contributed by atoms with Gasteiger partial charge >= 0.3 is 0 Å². The summed E-state index contributed by atoms with van der Waals surface area (Å²) in [7, 11) is 2.05. The third kappa shape index (κ3) is 3.25. The average Bonchev–Trinajstić information content (AvgIpc) is 3.01. The maximum Gasteiger partial charge on any atom is 0.254 e. The van der Waals surface area contributed by atoms with Crippen molar-refractivity contribution >= 4 is 16.8 Å². The van der Waals surface area contributed by atoms with Crippen molar-refractivity contribution in [3.8, 4) is 11.5 Å². The molecular weight excluding hydrogens is 340 g/mol. The molecule has 3 aromatic rings. The van der Waals surface area contributed by atoms with Crippen LogP contribution in [0.5, 0.6) is 11.5 Å². The number of amides is 1. The molecule has 0 saturated heterocycles. The first-order chi connectivity index (χ1) is 13.0. The van der Waals surface area contributed by atoms with Crippen LogP contribution in [0.1, 0.15) is 29.9 Å². The lowest BCUT2D eigenvalue weighted by molar-refractivity contribution is 0.0685. The summed E-state index contributed by atoms with van der Waals surface area (Å²) in [4.78, 5) is 15.1. The Bertz CT molecular complexity index is 990. The number of rotatable bonds is 4. The van der Waals surface area contributed by atoms with E-state index in [1.165, 1.54) is 10.9 Å². The van der Waals surface area contributed by atoms with Crippen molar-refractivity contribution < 1.29 is 14.3 Å². The fraction of sp³-hybridized carbons (Fsp3) is 0.318. The Hall–Kier alpha value is -2.95. The van der Waals surface area contributed by atoms with Gasteiger partial charge in [-0.1, -0.05) is 18.2 Å². The molecular formula is C22H24N2O3. The molecule has 2 heterocycles. The van der Waals surface area contributed by atoms with Crippen molar-refractivity contribution in [3.63, 3.8) is 0 Å². The van der Waals surface area contributed by atoms with E-state index in [-0.39, 0.29) is 11.9 Å². The van der Waals surface area contributed by atoms with Crippen LogP contribution in [0.4, 0.5) is 0 Å². The number of aromatic nitrogens is 1. The number of hydrogen-bond acceptors (Lipinski definition) is 3. The standard InChI is InChI=1S/C22H24N2O3/c1-15(2)24(14-18-12-16-6-4-5-7-19(16)23(18)3)22(25)17-8-9-20-21(13-17)27-11-10-26-20/h4-9,12-13,15H,10-11,14H2,1-3H3. The molecule has 0 atom stereocenters. The van der Waals surface area contributed by atoms with Gasteiger partial charge in [-0.15, -0.1) is 0 Å². The summed E-state index contributed by atoms with van der Waals surface area (Å²) in [6.07, 6.45) is 0. The van der Waals surface area contributed by atoms with E-state index in [1.807, 2.05) is 50.1 Å². The highest BCUT2D eigenvalue weighted by Gasteiger charge is 2.23. The second kappa shape index (κ2) is 6.99. The van der Waals surface area contributed by atoms with Gasteiger partial charge in [-0.05, 0) is 49.6 Å². The van der Waals surface area contributed by atoms with Gasteiger partial charge in [-0.2, -0.15) is 0 Å². The molecule has 0 saturated carbocycles. The van der Waals surface area contributed by atoms with Gasteiger partial charge in [0.15, 0.2) is 11.5 Å². The first kappa shape index (κ1) is 17.5. The molecule has 27 heavy (non-hydrogen) atoms. The van der Waals surface area contributed by atoms with Gasteiger partial charge < -0.3 is 18.9 Å². The highest BCUT2D eigenvalue weighted by molar-refractivity contribution is 5.95. The number of ether oxygens (including phenoxy) is 2. The summed E-state index contributed by atoms with van der Waals surface area (Å²) in [5.74, 6) is 1.33. The SMILES string of the molecule is CC(C)N(Cc1cc2ccccc2n1C)C(=O)c1ccc2c(c1)OCCO2. The minimum Gasteiger partial charge on any atom is -0.486 e. The van der Waals surface area contributed by atoms with Crippen molar-refractivity contribution in [1.29, 1.82) is 0 Å². The molecule has 0 aliphatic carbocycles. The summed E-state index contributed by atoms with van der Waals surface area (Å²) in [5.41, 5.74) is 2.89. The number of aryl methyl sites for hydroxylation is 1. The van der Waals surface area contributed by atoms with Gasteiger partial charge in [0.2, 0.25) is 0 Å². The monoisotopic (exact) mass is 364 g/mol.